The first-order valence-corrected chi connectivity index (χ1v) is 13.8. The van der Waals surface area contributed by atoms with Gasteiger partial charge in [-0.3, -0.25) is 0 Å². The maximum Gasteiger partial charge on any atom is 0.0546 e. The predicted octanol–water partition coefficient (Wildman–Crippen LogP) is 11.0. The van der Waals surface area contributed by atoms with E-state index in [4.69, 9.17) is 0 Å². The summed E-state index contributed by atoms with van der Waals surface area (Å²) in [4.78, 5) is 2.42. The Bertz CT molecular complexity index is 2140. The molecule has 0 aliphatic rings. The highest BCUT2D eigenvalue weighted by atomic mass is 32.1. The number of nitrogens with zero attached hydrogens (tertiary/aromatic N) is 1. The van der Waals surface area contributed by atoms with Gasteiger partial charge in [0.05, 0.1) is 5.69 Å². The number of fused-ring (bicyclic) bond motifs is 8. The lowest BCUT2D eigenvalue weighted by atomic mass is 9.95. The Hall–Kier alpha value is -4.66. The molecule has 2 heteroatoms. The van der Waals surface area contributed by atoms with Crippen molar-refractivity contribution in [2.45, 2.75) is 0 Å². The normalized spacial score (nSPS) is 11.7. The third-order valence-electron chi connectivity index (χ3n) is 7.62. The fraction of sp³-hybridized carbons (Fsp3) is 0. The lowest BCUT2D eigenvalue weighted by Crippen LogP contribution is -2.10. The molecule has 0 fully saturated rings. The maximum atomic E-state index is 2.42. The highest BCUT2D eigenvalue weighted by Crippen LogP contribution is 2.45. The van der Waals surface area contributed by atoms with Gasteiger partial charge in [-0.15, -0.1) is 11.3 Å². The van der Waals surface area contributed by atoms with Crippen LogP contribution in [-0.4, -0.2) is 0 Å². The molecule has 0 bridgehead atoms. The first kappa shape index (κ1) is 21.4. The van der Waals surface area contributed by atoms with Crippen LogP contribution in [0.2, 0.25) is 0 Å². The van der Waals surface area contributed by atoms with Crippen LogP contribution in [0.4, 0.5) is 17.1 Å². The second kappa shape index (κ2) is 8.44. The van der Waals surface area contributed by atoms with Crippen molar-refractivity contribution < 1.29 is 0 Å². The molecule has 0 spiro atoms. The molecule has 0 aliphatic carbocycles. The van der Waals surface area contributed by atoms with E-state index in [1.807, 2.05) is 11.3 Å². The number of hydrogen-bond acceptors (Lipinski definition) is 2. The van der Waals surface area contributed by atoms with E-state index in [1.165, 1.54) is 63.9 Å². The topological polar surface area (TPSA) is 3.24 Å². The third kappa shape index (κ3) is 3.24. The van der Waals surface area contributed by atoms with Gasteiger partial charge in [0, 0.05) is 36.9 Å². The van der Waals surface area contributed by atoms with Crippen LogP contribution < -0.4 is 4.90 Å². The minimum atomic E-state index is 1.15. The number of anilines is 3. The fourth-order valence-corrected chi connectivity index (χ4v) is 7.02. The molecule has 0 amide bonds. The zero-order chi connectivity index (χ0) is 25.1. The van der Waals surface area contributed by atoms with Crippen molar-refractivity contribution in [3.63, 3.8) is 0 Å². The number of benzene rings is 7. The smallest absolute Gasteiger partial charge is 0.0546 e. The van der Waals surface area contributed by atoms with Gasteiger partial charge in [0.1, 0.15) is 0 Å². The monoisotopic (exact) mass is 501 g/mol. The molecule has 1 nitrogen and oxygen atoms in total. The average molecular weight is 502 g/mol. The highest BCUT2D eigenvalue weighted by Gasteiger charge is 2.19. The van der Waals surface area contributed by atoms with E-state index >= 15 is 0 Å². The standard InChI is InChI=1S/C36H23NS/c1-2-11-25(12-3-1)37(26-19-21-32-31-16-8-9-17-35(31)38-36(32)22-26)34-23-33-27-13-5-4-10-24(27)18-20-29(33)28-14-6-7-15-30(28)34/h1-23H. The molecule has 0 unspecified atom stereocenters. The fourth-order valence-electron chi connectivity index (χ4n) is 5.88. The Balaban J connectivity index is 1.47. The van der Waals surface area contributed by atoms with Crippen molar-refractivity contribution >= 4 is 80.9 Å². The van der Waals surface area contributed by atoms with Crippen molar-refractivity contribution in [1.29, 1.82) is 0 Å². The number of hydrogen-bond donors (Lipinski definition) is 0. The van der Waals surface area contributed by atoms with Crippen molar-refractivity contribution in [3.8, 4) is 0 Å². The lowest BCUT2D eigenvalue weighted by Gasteiger charge is -2.28. The zero-order valence-corrected chi connectivity index (χ0v) is 21.5. The second-order valence-corrected chi connectivity index (χ2v) is 10.9. The SMILES string of the molecule is c1ccc(N(c2ccc3c(c2)sc2ccccc23)c2cc3c4ccccc4ccc3c3ccccc23)cc1. The van der Waals surface area contributed by atoms with Crippen LogP contribution in [0.1, 0.15) is 0 Å². The molecule has 0 aliphatic heterocycles. The van der Waals surface area contributed by atoms with E-state index in [0.717, 1.165) is 5.69 Å². The summed E-state index contributed by atoms with van der Waals surface area (Å²) in [6.45, 7) is 0. The largest absolute Gasteiger partial charge is 0.310 e. The van der Waals surface area contributed by atoms with Crippen LogP contribution >= 0.6 is 11.3 Å². The summed E-state index contributed by atoms with van der Waals surface area (Å²) < 4.78 is 2.63. The Morgan fingerprint density at radius 3 is 1.87 bits per heavy atom. The highest BCUT2D eigenvalue weighted by molar-refractivity contribution is 7.25. The first-order valence-electron chi connectivity index (χ1n) is 12.9. The van der Waals surface area contributed by atoms with Gasteiger partial charge in [-0.05, 0) is 63.3 Å². The van der Waals surface area contributed by atoms with Crippen molar-refractivity contribution in [2.75, 3.05) is 4.90 Å². The molecule has 0 saturated heterocycles. The molecule has 0 radical (unpaired) electrons. The van der Waals surface area contributed by atoms with Crippen molar-refractivity contribution in [2.24, 2.45) is 0 Å². The molecular weight excluding hydrogens is 478 g/mol. The minimum Gasteiger partial charge on any atom is -0.310 e. The molecule has 0 N–H and O–H groups in total. The third-order valence-corrected chi connectivity index (χ3v) is 8.75. The van der Waals surface area contributed by atoms with Gasteiger partial charge in [-0.25, -0.2) is 0 Å². The Kier molecular flexibility index (Phi) is 4.76. The molecule has 0 saturated carbocycles. The Labute approximate surface area is 224 Å². The molecule has 38 heavy (non-hydrogen) atoms. The van der Waals surface area contributed by atoms with E-state index in [2.05, 4.69) is 144 Å². The molecule has 1 aromatic heterocycles. The maximum absolute atomic E-state index is 2.42. The van der Waals surface area contributed by atoms with E-state index in [9.17, 15) is 0 Å². The van der Waals surface area contributed by atoms with E-state index in [-0.39, 0.29) is 0 Å². The molecular formula is C36H23NS. The summed E-state index contributed by atoms with van der Waals surface area (Å²) in [5.41, 5.74) is 3.51. The van der Waals surface area contributed by atoms with Crippen LogP contribution in [0.25, 0.3) is 52.5 Å². The van der Waals surface area contributed by atoms with E-state index < -0.39 is 0 Å². The van der Waals surface area contributed by atoms with Gasteiger partial charge in [-0.2, -0.15) is 0 Å². The summed E-state index contributed by atoms with van der Waals surface area (Å²) in [6, 6.07) is 50.8. The van der Waals surface area contributed by atoms with Crippen LogP contribution in [0.3, 0.4) is 0 Å². The molecule has 8 rings (SSSR count). The summed E-state index contributed by atoms with van der Waals surface area (Å²) in [7, 11) is 0. The summed E-state index contributed by atoms with van der Waals surface area (Å²) in [6.07, 6.45) is 0. The van der Waals surface area contributed by atoms with E-state index in [0.29, 0.717) is 0 Å². The van der Waals surface area contributed by atoms with Gasteiger partial charge >= 0.3 is 0 Å². The van der Waals surface area contributed by atoms with Gasteiger partial charge in [0.25, 0.3) is 0 Å². The summed E-state index contributed by atoms with van der Waals surface area (Å²) in [5.74, 6) is 0. The first-order chi connectivity index (χ1) is 18.8. The van der Waals surface area contributed by atoms with Crippen molar-refractivity contribution in [1.82, 2.24) is 0 Å². The van der Waals surface area contributed by atoms with Crippen LogP contribution in [-0.2, 0) is 0 Å². The molecule has 178 valence electrons. The number of thiophene rings is 1. The molecule has 0 atom stereocenters. The van der Waals surface area contributed by atoms with Crippen LogP contribution in [0.15, 0.2) is 140 Å². The molecule has 1 heterocycles. The quantitative estimate of drug-likeness (QED) is 0.218. The Morgan fingerprint density at radius 2 is 1.00 bits per heavy atom. The average Bonchev–Trinajstić information content (AvgIpc) is 3.36. The summed E-state index contributed by atoms with van der Waals surface area (Å²) >= 11 is 1.87. The van der Waals surface area contributed by atoms with Gasteiger partial charge in [0.2, 0.25) is 0 Å². The van der Waals surface area contributed by atoms with Crippen LogP contribution in [0.5, 0.6) is 0 Å². The molecule has 7 aromatic carbocycles. The number of rotatable bonds is 3. The van der Waals surface area contributed by atoms with Gasteiger partial charge < -0.3 is 4.90 Å². The van der Waals surface area contributed by atoms with Gasteiger partial charge in [0.15, 0.2) is 0 Å². The zero-order valence-electron chi connectivity index (χ0n) is 20.6. The summed E-state index contributed by atoms with van der Waals surface area (Å²) in [5, 5.41) is 10.3. The number of para-hydroxylation sites is 1. The van der Waals surface area contributed by atoms with E-state index in [1.54, 1.807) is 0 Å². The predicted molar refractivity (Wildman–Crippen MR) is 167 cm³/mol. The molecule has 8 aromatic rings. The lowest BCUT2D eigenvalue weighted by molar-refractivity contribution is 1.31. The minimum absolute atomic E-state index is 1.15. The van der Waals surface area contributed by atoms with Crippen molar-refractivity contribution in [3.05, 3.63) is 140 Å². The van der Waals surface area contributed by atoms with Crippen LogP contribution in [0, 0.1) is 0 Å². The second-order valence-electron chi connectivity index (χ2n) is 9.77. The Morgan fingerprint density at radius 1 is 0.368 bits per heavy atom. The van der Waals surface area contributed by atoms with Gasteiger partial charge in [-0.1, -0.05) is 103 Å².